The van der Waals surface area contributed by atoms with Gasteiger partial charge in [-0.3, -0.25) is 4.79 Å². The van der Waals surface area contributed by atoms with Crippen LogP contribution in [0.3, 0.4) is 0 Å². The molecule has 7 heteroatoms. The van der Waals surface area contributed by atoms with Gasteiger partial charge in [0.25, 0.3) is 5.91 Å². The molecule has 1 unspecified atom stereocenters. The number of nitrogens with one attached hydrogen (secondary N) is 1. The highest BCUT2D eigenvalue weighted by molar-refractivity contribution is 6.06. The van der Waals surface area contributed by atoms with E-state index in [-0.39, 0.29) is 23.5 Å². The molecule has 0 aliphatic heterocycles. The first-order valence-electron chi connectivity index (χ1n) is 7.14. The Morgan fingerprint density at radius 1 is 1.43 bits per heavy atom. The Balaban J connectivity index is 1.97. The third-order valence-corrected chi connectivity index (χ3v) is 3.63. The predicted octanol–water partition coefficient (Wildman–Crippen LogP) is 2.43. The fraction of sp³-hybridized carbons (Fsp3) is 0.250. The summed E-state index contributed by atoms with van der Waals surface area (Å²) in [6, 6.07) is 7.47. The lowest BCUT2D eigenvalue weighted by atomic mass is 10.1. The van der Waals surface area contributed by atoms with Gasteiger partial charge >= 0.3 is 0 Å². The lowest BCUT2D eigenvalue weighted by Crippen LogP contribution is -2.32. The summed E-state index contributed by atoms with van der Waals surface area (Å²) in [6.07, 6.45) is 1.43. The average molecular weight is 315 g/mol. The van der Waals surface area contributed by atoms with E-state index in [2.05, 4.69) is 10.5 Å². The normalized spacial score (nSPS) is 12.4. The summed E-state index contributed by atoms with van der Waals surface area (Å²) in [5.41, 5.74) is 7.69. The number of rotatable bonds is 5. The molecule has 3 aromatic rings. The lowest BCUT2D eigenvalue weighted by molar-refractivity contribution is 0.0871. The fourth-order valence-electron chi connectivity index (χ4n) is 2.28. The van der Waals surface area contributed by atoms with E-state index in [0.717, 1.165) is 5.39 Å². The van der Waals surface area contributed by atoms with Crippen LogP contribution in [-0.4, -0.2) is 30.8 Å². The Hall–Kier alpha value is -2.80. The molecule has 0 radical (unpaired) electrons. The summed E-state index contributed by atoms with van der Waals surface area (Å²) in [5.74, 6) is -0.402. The van der Waals surface area contributed by atoms with Gasteiger partial charge in [0, 0.05) is 19.0 Å². The summed E-state index contributed by atoms with van der Waals surface area (Å²) in [7, 11) is 1.58. The molecule has 120 valence electrons. The van der Waals surface area contributed by atoms with Gasteiger partial charge in [-0.25, -0.2) is 0 Å². The summed E-state index contributed by atoms with van der Waals surface area (Å²) in [5, 5.41) is 7.51. The lowest BCUT2D eigenvalue weighted by Gasteiger charge is -2.10. The highest BCUT2D eigenvalue weighted by atomic mass is 16.5. The number of hydrogen-bond donors (Lipinski definition) is 2. The smallest absolute Gasteiger partial charge is 0.259 e. The highest BCUT2D eigenvalue weighted by Crippen LogP contribution is 2.33. The van der Waals surface area contributed by atoms with E-state index in [1.165, 1.54) is 6.26 Å². The van der Waals surface area contributed by atoms with Gasteiger partial charge in [0.2, 0.25) is 5.88 Å². The van der Waals surface area contributed by atoms with Crippen molar-refractivity contribution in [1.82, 2.24) is 10.5 Å². The van der Waals surface area contributed by atoms with E-state index in [4.69, 9.17) is 19.4 Å². The van der Waals surface area contributed by atoms with Crippen LogP contribution in [0, 0.1) is 0 Å². The van der Waals surface area contributed by atoms with Crippen LogP contribution in [-0.2, 0) is 4.74 Å². The van der Waals surface area contributed by atoms with Gasteiger partial charge in [-0.2, -0.15) is 0 Å². The second-order valence-electron chi connectivity index (χ2n) is 5.17. The number of amides is 1. The van der Waals surface area contributed by atoms with Crippen molar-refractivity contribution in [2.75, 3.05) is 19.4 Å². The standard InChI is InChI=1S/C16H17N3O4/c1-9(21-2)7-18-16(20)13-14(19-23-15(13)17)11-8-22-12-6-4-3-5-10(11)12/h3-6,8-9H,7,17H2,1-2H3,(H,18,20). The molecule has 0 aliphatic carbocycles. The average Bonchev–Trinajstić information content (AvgIpc) is 3.15. The van der Waals surface area contributed by atoms with Crippen LogP contribution in [0.4, 0.5) is 5.88 Å². The predicted molar refractivity (Wildman–Crippen MR) is 84.9 cm³/mol. The zero-order valence-corrected chi connectivity index (χ0v) is 12.8. The highest BCUT2D eigenvalue weighted by Gasteiger charge is 2.25. The maximum absolute atomic E-state index is 12.4. The van der Waals surface area contributed by atoms with Crippen LogP contribution in [0.1, 0.15) is 17.3 Å². The quantitative estimate of drug-likeness (QED) is 0.749. The number of anilines is 1. The van der Waals surface area contributed by atoms with E-state index < -0.39 is 0 Å². The van der Waals surface area contributed by atoms with Gasteiger partial charge in [0.1, 0.15) is 23.1 Å². The maximum atomic E-state index is 12.4. The van der Waals surface area contributed by atoms with Crippen molar-refractivity contribution in [1.29, 1.82) is 0 Å². The first-order valence-corrected chi connectivity index (χ1v) is 7.14. The largest absolute Gasteiger partial charge is 0.464 e. The van der Waals surface area contributed by atoms with Crippen LogP contribution in [0.25, 0.3) is 22.2 Å². The monoisotopic (exact) mass is 315 g/mol. The number of carbonyl (C=O) groups excluding carboxylic acids is 1. The molecule has 2 heterocycles. The summed E-state index contributed by atoms with van der Waals surface area (Å²) >= 11 is 0. The Morgan fingerprint density at radius 2 is 2.22 bits per heavy atom. The van der Waals surface area contributed by atoms with Gasteiger partial charge < -0.3 is 24.7 Å². The Morgan fingerprint density at radius 3 is 3.00 bits per heavy atom. The number of nitrogen functional groups attached to an aromatic ring is 1. The molecule has 1 atom stereocenters. The van der Waals surface area contributed by atoms with Crippen molar-refractivity contribution >= 4 is 22.8 Å². The topological polar surface area (TPSA) is 104 Å². The van der Waals surface area contributed by atoms with Crippen LogP contribution in [0.2, 0.25) is 0 Å². The van der Waals surface area contributed by atoms with E-state index in [1.54, 1.807) is 7.11 Å². The zero-order chi connectivity index (χ0) is 16.4. The molecule has 0 bridgehead atoms. The van der Waals surface area contributed by atoms with Gasteiger partial charge in [-0.1, -0.05) is 23.4 Å². The molecule has 0 aliphatic rings. The SMILES string of the molecule is COC(C)CNC(=O)c1c(-c2coc3ccccc23)noc1N. The molecule has 3 N–H and O–H groups in total. The van der Waals surface area contributed by atoms with Gasteiger partial charge in [-0.15, -0.1) is 0 Å². The first kappa shape index (κ1) is 15.1. The Labute approximate surface area is 132 Å². The number of nitrogens with two attached hydrogens (primary N) is 1. The zero-order valence-electron chi connectivity index (χ0n) is 12.8. The van der Waals surface area contributed by atoms with Crippen molar-refractivity contribution in [2.45, 2.75) is 13.0 Å². The number of benzene rings is 1. The number of carbonyl (C=O) groups is 1. The summed E-state index contributed by atoms with van der Waals surface area (Å²) in [4.78, 5) is 12.4. The van der Waals surface area contributed by atoms with Crippen molar-refractivity contribution in [3.63, 3.8) is 0 Å². The molecule has 0 saturated carbocycles. The van der Waals surface area contributed by atoms with E-state index >= 15 is 0 Å². The molecule has 7 nitrogen and oxygen atoms in total. The minimum absolute atomic E-state index is 0.0344. The molecular formula is C16H17N3O4. The maximum Gasteiger partial charge on any atom is 0.259 e. The third-order valence-electron chi connectivity index (χ3n) is 3.63. The fourth-order valence-corrected chi connectivity index (χ4v) is 2.28. The molecule has 3 rings (SSSR count). The molecule has 1 amide bonds. The van der Waals surface area contributed by atoms with E-state index in [0.29, 0.717) is 23.4 Å². The summed E-state index contributed by atoms with van der Waals surface area (Å²) in [6.45, 7) is 2.20. The minimum Gasteiger partial charge on any atom is -0.464 e. The van der Waals surface area contributed by atoms with Crippen LogP contribution in [0.5, 0.6) is 0 Å². The molecule has 2 aromatic heterocycles. The molecule has 0 saturated heterocycles. The molecule has 0 spiro atoms. The number of methoxy groups -OCH3 is 1. The van der Waals surface area contributed by atoms with Crippen LogP contribution < -0.4 is 11.1 Å². The number of para-hydroxylation sites is 1. The number of ether oxygens (including phenoxy) is 1. The number of furan rings is 1. The number of hydrogen-bond acceptors (Lipinski definition) is 6. The molecular weight excluding hydrogens is 298 g/mol. The van der Waals surface area contributed by atoms with Gasteiger partial charge in [0.05, 0.1) is 11.7 Å². The second-order valence-corrected chi connectivity index (χ2v) is 5.17. The molecule has 23 heavy (non-hydrogen) atoms. The second kappa shape index (κ2) is 6.13. The number of nitrogens with zero attached hydrogens (tertiary/aromatic N) is 1. The van der Waals surface area contributed by atoms with Crippen molar-refractivity contribution in [2.24, 2.45) is 0 Å². The van der Waals surface area contributed by atoms with Crippen molar-refractivity contribution < 1.29 is 18.5 Å². The van der Waals surface area contributed by atoms with Gasteiger partial charge in [-0.05, 0) is 13.0 Å². The van der Waals surface area contributed by atoms with Crippen LogP contribution in [0.15, 0.2) is 39.5 Å². The molecule has 0 fully saturated rings. The van der Waals surface area contributed by atoms with Crippen LogP contribution >= 0.6 is 0 Å². The Bertz CT molecular complexity index is 837. The van der Waals surface area contributed by atoms with E-state index in [1.807, 2.05) is 31.2 Å². The third kappa shape index (κ3) is 2.78. The first-order chi connectivity index (χ1) is 11.1. The Kier molecular flexibility index (Phi) is 4.03. The van der Waals surface area contributed by atoms with Gasteiger partial charge in [0.15, 0.2) is 0 Å². The summed E-state index contributed by atoms with van der Waals surface area (Å²) < 4.78 is 15.6. The minimum atomic E-state index is -0.368. The number of fused-ring (bicyclic) bond motifs is 1. The van der Waals surface area contributed by atoms with Crippen molar-refractivity contribution in [3.05, 3.63) is 36.1 Å². The van der Waals surface area contributed by atoms with E-state index in [9.17, 15) is 4.79 Å². The van der Waals surface area contributed by atoms with Crippen molar-refractivity contribution in [3.8, 4) is 11.3 Å². The number of aromatic nitrogens is 1. The molecule has 1 aromatic carbocycles.